The Hall–Kier alpha value is -4.96. The fraction of sp³-hybridized carbons (Fsp3) is 0.0588. The molecule has 0 amide bonds. The van der Waals surface area contributed by atoms with E-state index in [1.54, 1.807) is 0 Å². The summed E-state index contributed by atoms with van der Waals surface area (Å²) < 4.78 is 4.39. The normalized spacial score (nSPS) is 11.5. The van der Waals surface area contributed by atoms with Gasteiger partial charge in [0.2, 0.25) is 0 Å². The van der Waals surface area contributed by atoms with Crippen molar-refractivity contribution in [2.24, 2.45) is 0 Å². The van der Waals surface area contributed by atoms with Crippen LogP contribution in [-0.2, 0) is 13.1 Å². The molecule has 0 unspecified atom stereocenters. The van der Waals surface area contributed by atoms with Crippen molar-refractivity contribution >= 4 is 34.0 Å². The molecule has 0 aliphatic rings. The van der Waals surface area contributed by atoms with Crippen molar-refractivity contribution in [2.75, 3.05) is 0 Å². The molecule has 4 nitrogen and oxygen atoms in total. The molecule has 2 aromatic heterocycles. The highest BCUT2D eigenvalue weighted by molar-refractivity contribution is 5.79. The Morgan fingerprint density at radius 1 is 0.474 bits per heavy atom. The van der Waals surface area contributed by atoms with Gasteiger partial charge in [0.05, 0.1) is 21.7 Å². The maximum absolute atomic E-state index is 8.16. The monoisotopic (exact) mass is 492 g/mol. The molecular formula is C34H28N4. The van der Waals surface area contributed by atoms with Crippen LogP contribution in [0.4, 0.5) is 0 Å². The van der Waals surface area contributed by atoms with Crippen molar-refractivity contribution < 1.29 is 0 Å². The number of nitrogens with zero attached hydrogens (tertiary/aromatic N) is 2. The Kier molecular flexibility index (Phi) is 6.29. The SMILES string of the molecule is N=c1ccn(Cc2ccc(/C=C\c3ccc(Cn4ccc(=N)c5ccccc54)cc3)cc2)c2ccccc12. The van der Waals surface area contributed by atoms with Gasteiger partial charge in [-0.2, -0.15) is 0 Å². The van der Waals surface area contributed by atoms with Crippen LogP contribution >= 0.6 is 0 Å². The van der Waals surface area contributed by atoms with Crippen LogP contribution in [0.25, 0.3) is 34.0 Å². The van der Waals surface area contributed by atoms with Gasteiger partial charge < -0.3 is 20.0 Å². The van der Waals surface area contributed by atoms with E-state index in [1.807, 2.05) is 60.9 Å². The Balaban J connectivity index is 1.14. The summed E-state index contributed by atoms with van der Waals surface area (Å²) in [5, 5.41) is 19.4. The molecular weight excluding hydrogens is 464 g/mol. The Morgan fingerprint density at radius 2 is 0.868 bits per heavy atom. The third-order valence-electron chi connectivity index (χ3n) is 6.98. The van der Waals surface area contributed by atoms with E-state index in [2.05, 4.69) is 81.9 Å². The lowest BCUT2D eigenvalue weighted by molar-refractivity contribution is 0.824. The molecule has 2 N–H and O–H groups in total. The Bertz CT molecular complexity index is 1750. The molecule has 6 aromatic rings. The van der Waals surface area contributed by atoms with E-state index >= 15 is 0 Å². The number of aromatic nitrogens is 2. The van der Waals surface area contributed by atoms with E-state index < -0.39 is 0 Å². The van der Waals surface area contributed by atoms with Gasteiger partial charge in [-0.1, -0.05) is 97.1 Å². The number of hydrogen-bond acceptors (Lipinski definition) is 2. The fourth-order valence-corrected chi connectivity index (χ4v) is 4.90. The zero-order chi connectivity index (χ0) is 25.9. The van der Waals surface area contributed by atoms with Crippen molar-refractivity contribution in [3.05, 3.63) is 155 Å². The van der Waals surface area contributed by atoms with Gasteiger partial charge in [-0.05, 0) is 46.5 Å². The van der Waals surface area contributed by atoms with Crippen LogP contribution < -0.4 is 10.7 Å². The van der Waals surface area contributed by atoms with E-state index in [-0.39, 0.29) is 0 Å². The third-order valence-corrected chi connectivity index (χ3v) is 6.98. The summed E-state index contributed by atoms with van der Waals surface area (Å²) in [4.78, 5) is 0. The van der Waals surface area contributed by atoms with Crippen molar-refractivity contribution in [3.63, 3.8) is 0 Å². The van der Waals surface area contributed by atoms with Gasteiger partial charge in [-0.15, -0.1) is 0 Å². The highest BCUT2D eigenvalue weighted by Crippen LogP contribution is 2.16. The van der Waals surface area contributed by atoms with Gasteiger partial charge in [0, 0.05) is 36.3 Å². The van der Waals surface area contributed by atoms with E-state index in [0.717, 1.165) is 46.0 Å². The highest BCUT2D eigenvalue weighted by Gasteiger charge is 2.03. The molecule has 0 spiro atoms. The second kappa shape index (κ2) is 10.2. The molecule has 0 bridgehead atoms. The largest absolute Gasteiger partial charge is 0.343 e. The van der Waals surface area contributed by atoms with Crippen LogP contribution in [0.1, 0.15) is 22.3 Å². The van der Waals surface area contributed by atoms with Crippen molar-refractivity contribution in [1.29, 1.82) is 10.8 Å². The van der Waals surface area contributed by atoms with E-state index in [0.29, 0.717) is 10.7 Å². The van der Waals surface area contributed by atoms with Crippen LogP contribution in [-0.4, -0.2) is 9.13 Å². The van der Waals surface area contributed by atoms with Crippen LogP contribution in [0, 0.1) is 10.8 Å². The van der Waals surface area contributed by atoms with E-state index in [1.165, 1.54) is 11.1 Å². The number of pyridine rings is 2. The number of fused-ring (bicyclic) bond motifs is 2. The van der Waals surface area contributed by atoms with Crippen molar-refractivity contribution in [2.45, 2.75) is 13.1 Å². The first-order valence-corrected chi connectivity index (χ1v) is 12.8. The average molecular weight is 493 g/mol. The molecule has 0 aliphatic carbocycles. The van der Waals surface area contributed by atoms with Gasteiger partial charge in [0.1, 0.15) is 0 Å². The topological polar surface area (TPSA) is 57.6 Å². The summed E-state index contributed by atoms with van der Waals surface area (Å²) in [5.41, 5.74) is 6.92. The molecule has 0 fully saturated rings. The molecule has 4 heteroatoms. The number of para-hydroxylation sites is 2. The number of nitrogens with one attached hydrogen (secondary N) is 2. The smallest absolute Gasteiger partial charge is 0.0647 e. The van der Waals surface area contributed by atoms with Gasteiger partial charge in [-0.3, -0.25) is 0 Å². The lowest BCUT2D eigenvalue weighted by Crippen LogP contribution is -2.08. The first-order valence-electron chi connectivity index (χ1n) is 12.8. The molecule has 6 rings (SSSR count). The van der Waals surface area contributed by atoms with Gasteiger partial charge in [0.25, 0.3) is 0 Å². The van der Waals surface area contributed by atoms with Crippen LogP contribution in [0.2, 0.25) is 0 Å². The summed E-state index contributed by atoms with van der Waals surface area (Å²) in [6.45, 7) is 1.54. The highest BCUT2D eigenvalue weighted by atomic mass is 14.9. The lowest BCUT2D eigenvalue weighted by atomic mass is 10.1. The summed E-state index contributed by atoms with van der Waals surface area (Å²) in [7, 11) is 0. The molecule has 0 atom stereocenters. The Morgan fingerprint density at radius 3 is 1.29 bits per heavy atom. The maximum atomic E-state index is 8.16. The third kappa shape index (κ3) is 4.84. The summed E-state index contributed by atoms with van der Waals surface area (Å²) >= 11 is 0. The summed E-state index contributed by atoms with van der Waals surface area (Å²) in [6, 6.07) is 37.2. The van der Waals surface area contributed by atoms with Gasteiger partial charge in [0.15, 0.2) is 0 Å². The first-order chi connectivity index (χ1) is 18.6. The average Bonchev–Trinajstić information content (AvgIpc) is 2.97. The van der Waals surface area contributed by atoms with Crippen LogP contribution in [0.15, 0.2) is 122 Å². The quantitative estimate of drug-likeness (QED) is 0.240. The number of hydrogen-bond donors (Lipinski definition) is 2. The summed E-state index contributed by atoms with van der Waals surface area (Å²) in [6.07, 6.45) is 8.28. The standard InChI is InChI=1S/C34H28N4/c35-31-19-21-37(33-7-3-1-5-29(31)33)23-27-15-11-25(12-16-27)9-10-26-13-17-28(18-14-26)24-38-22-20-32(36)30-6-2-4-8-34(30)38/h1-22,35-36H,23-24H2/b10-9-,35-31?,36-32?. The lowest BCUT2D eigenvalue weighted by Gasteiger charge is -2.12. The molecule has 0 saturated carbocycles. The van der Waals surface area contributed by atoms with Gasteiger partial charge in [-0.25, -0.2) is 0 Å². The second-order valence-electron chi connectivity index (χ2n) is 9.57. The van der Waals surface area contributed by atoms with Gasteiger partial charge >= 0.3 is 0 Å². The minimum atomic E-state index is 0.556. The molecule has 184 valence electrons. The number of rotatable bonds is 6. The minimum absolute atomic E-state index is 0.556. The molecule has 0 aliphatic heterocycles. The van der Waals surface area contributed by atoms with Crippen molar-refractivity contribution in [3.8, 4) is 0 Å². The van der Waals surface area contributed by atoms with E-state index in [9.17, 15) is 0 Å². The maximum Gasteiger partial charge on any atom is 0.0647 e. The first kappa shape index (κ1) is 23.4. The predicted octanol–water partition coefficient (Wildman–Crippen LogP) is 6.82. The van der Waals surface area contributed by atoms with Crippen LogP contribution in [0.5, 0.6) is 0 Å². The minimum Gasteiger partial charge on any atom is -0.343 e. The molecule has 0 saturated heterocycles. The zero-order valence-electron chi connectivity index (χ0n) is 21.0. The zero-order valence-corrected chi connectivity index (χ0v) is 21.0. The number of benzene rings is 4. The Labute approximate surface area is 221 Å². The molecule has 4 aromatic carbocycles. The molecule has 2 heterocycles. The van der Waals surface area contributed by atoms with Crippen molar-refractivity contribution in [1.82, 2.24) is 9.13 Å². The van der Waals surface area contributed by atoms with Crippen LogP contribution in [0.3, 0.4) is 0 Å². The van der Waals surface area contributed by atoms with E-state index in [4.69, 9.17) is 10.8 Å². The second-order valence-corrected chi connectivity index (χ2v) is 9.57. The summed E-state index contributed by atoms with van der Waals surface area (Å²) in [5.74, 6) is 0. The fourth-order valence-electron chi connectivity index (χ4n) is 4.90. The molecule has 38 heavy (non-hydrogen) atoms. The predicted molar refractivity (Wildman–Crippen MR) is 156 cm³/mol. The molecule has 0 radical (unpaired) electrons.